The molecule has 1 aromatic heterocycles. The third-order valence-corrected chi connectivity index (χ3v) is 5.09. The molecule has 2 rings (SSSR count). The van der Waals surface area contributed by atoms with Gasteiger partial charge in [-0.05, 0) is 50.9 Å². The Hall–Kier alpha value is -0.380. The number of hydrogen-bond acceptors (Lipinski definition) is 3. The molecule has 1 atom stereocenters. The van der Waals surface area contributed by atoms with E-state index >= 15 is 0 Å². The monoisotopic (exact) mass is 280 g/mol. The van der Waals surface area contributed by atoms with E-state index in [2.05, 4.69) is 36.2 Å². The average Bonchev–Trinajstić information content (AvgIpc) is 2.88. The number of hydrogen-bond donors (Lipinski definition) is 1. The van der Waals surface area contributed by atoms with Crippen LogP contribution >= 0.6 is 11.3 Å². The molecule has 0 saturated carbocycles. The van der Waals surface area contributed by atoms with Crippen LogP contribution in [0.4, 0.5) is 0 Å². The Balaban J connectivity index is 1.87. The van der Waals surface area contributed by atoms with Gasteiger partial charge in [-0.3, -0.25) is 4.90 Å². The summed E-state index contributed by atoms with van der Waals surface area (Å²) in [6.45, 7) is 9.31. The van der Waals surface area contributed by atoms with Crippen LogP contribution in [0.1, 0.15) is 49.3 Å². The fourth-order valence-electron chi connectivity index (χ4n) is 2.86. The van der Waals surface area contributed by atoms with Crippen LogP contribution in [0.2, 0.25) is 0 Å². The Labute approximate surface area is 122 Å². The van der Waals surface area contributed by atoms with E-state index in [1.807, 2.05) is 11.3 Å². The topological polar surface area (TPSA) is 15.3 Å². The second-order valence-electron chi connectivity index (χ2n) is 5.60. The number of piperidine rings is 1. The van der Waals surface area contributed by atoms with E-state index in [0.717, 1.165) is 6.54 Å². The van der Waals surface area contributed by atoms with Gasteiger partial charge < -0.3 is 5.32 Å². The molecule has 1 aliphatic heterocycles. The molecule has 108 valence electrons. The minimum absolute atomic E-state index is 0.714. The van der Waals surface area contributed by atoms with Crippen molar-refractivity contribution in [3.63, 3.8) is 0 Å². The molecule has 1 aromatic rings. The molecule has 0 bridgehead atoms. The lowest BCUT2D eigenvalue weighted by Crippen LogP contribution is -2.43. The smallest absolute Gasteiger partial charge is 0.0328 e. The lowest BCUT2D eigenvalue weighted by atomic mass is 10.0. The van der Waals surface area contributed by atoms with Crippen LogP contribution in [0.25, 0.3) is 0 Å². The van der Waals surface area contributed by atoms with Gasteiger partial charge in [0.05, 0.1) is 0 Å². The van der Waals surface area contributed by atoms with Crippen LogP contribution in [0.3, 0.4) is 0 Å². The van der Waals surface area contributed by atoms with E-state index in [9.17, 15) is 0 Å². The summed E-state index contributed by atoms with van der Waals surface area (Å²) in [5, 5.41) is 3.67. The SMILES string of the molecule is CCCN(Cc1ccc(CC)s1)CC1CCCCN1. The van der Waals surface area contributed by atoms with E-state index in [1.165, 1.54) is 61.5 Å². The highest BCUT2D eigenvalue weighted by Gasteiger charge is 2.16. The number of rotatable bonds is 7. The zero-order valence-corrected chi connectivity index (χ0v) is 13.3. The second kappa shape index (κ2) is 8.03. The van der Waals surface area contributed by atoms with Gasteiger partial charge in [-0.15, -0.1) is 11.3 Å². The molecule has 0 amide bonds. The summed E-state index contributed by atoms with van der Waals surface area (Å²) in [7, 11) is 0. The second-order valence-corrected chi connectivity index (χ2v) is 6.86. The van der Waals surface area contributed by atoms with Crippen LogP contribution < -0.4 is 5.32 Å². The first-order valence-electron chi connectivity index (χ1n) is 7.85. The Kier molecular flexibility index (Phi) is 6.35. The van der Waals surface area contributed by atoms with Crippen LogP contribution in [-0.4, -0.2) is 30.6 Å². The fraction of sp³-hybridized carbons (Fsp3) is 0.750. The number of nitrogens with one attached hydrogen (secondary N) is 1. The molecule has 2 nitrogen and oxygen atoms in total. The highest BCUT2D eigenvalue weighted by molar-refractivity contribution is 7.11. The summed E-state index contributed by atoms with van der Waals surface area (Å²) in [6.07, 6.45) is 6.53. The van der Waals surface area contributed by atoms with Gasteiger partial charge in [-0.2, -0.15) is 0 Å². The third kappa shape index (κ3) is 4.90. The molecule has 1 unspecified atom stereocenters. The number of thiophene rings is 1. The summed E-state index contributed by atoms with van der Waals surface area (Å²) in [5.41, 5.74) is 0. The Morgan fingerprint density at radius 2 is 2.11 bits per heavy atom. The summed E-state index contributed by atoms with van der Waals surface area (Å²) in [5.74, 6) is 0. The van der Waals surface area contributed by atoms with Gasteiger partial charge in [0.25, 0.3) is 0 Å². The quantitative estimate of drug-likeness (QED) is 0.820. The molecule has 1 fully saturated rings. The average molecular weight is 280 g/mol. The normalized spacial score (nSPS) is 20.1. The fourth-order valence-corrected chi connectivity index (χ4v) is 3.86. The predicted octanol–water partition coefficient (Wildman–Crippen LogP) is 3.66. The maximum atomic E-state index is 3.67. The summed E-state index contributed by atoms with van der Waals surface area (Å²) >= 11 is 1.99. The molecule has 0 aromatic carbocycles. The van der Waals surface area contributed by atoms with Crippen molar-refractivity contribution in [1.29, 1.82) is 0 Å². The van der Waals surface area contributed by atoms with Gasteiger partial charge in [0.15, 0.2) is 0 Å². The molecule has 3 heteroatoms. The summed E-state index contributed by atoms with van der Waals surface area (Å²) in [6, 6.07) is 5.33. The van der Waals surface area contributed by atoms with Crippen LogP contribution in [0, 0.1) is 0 Å². The van der Waals surface area contributed by atoms with Gasteiger partial charge >= 0.3 is 0 Å². The van der Waals surface area contributed by atoms with Crippen molar-refractivity contribution in [3.05, 3.63) is 21.9 Å². The maximum absolute atomic E-state index is 3.67. The molecule has 1 aliphatic rings. The molecule has 1 N–H and O–H groups in total. The van der Waals surface area contributed by atoms with Crippen molar-refractivity contribution in [2.75, 3.05) is 19.6 Å². The van der Waals surface area contributed by atoms with Crippen molar-refractivity contribution in [1.82, 2.24) is 10.2 Å². The third-order valence-electron chi connectivity index (χ3n) is 3.88. The van der Waals surface area contributed by atoms with Gasteiger partial charge in [-0.1, -0.05) is 20.3 Å². The van der Waals surface area contributed by atoms with E-state index in [-0.39, 0.29) is 0 Å². The van der Waals surface area contributed by atoms with Gasteiger partial charge in [0, 0.05) is 28.9 Å². The molecule has 0 spiro atoms. The standard InChI is InChI=1S/C16H28N2S/c1-3-11-18(12-14-7-5-6-10-17-14)13-16-9-8-15(4-2)19-16/h8-9,14,17H,3-7,10-13H2,1-2H3. The first-order chi connectivity index (χ1) is 9.31. The predicted molar refractivity (Wildman–Crippen MR) is 84.9 cm³/mol. The largest absolute Gasteiger partial charge is 0.313 e. The van der Waals surface area contributed by atoms with Crippen molar-refractivity contribution >= 4 is 11.3 Å². The lowest BCUT2D eigenvalue weighted by Gasteiger charge is -2.30. The Bertz CT molecular complexity index is 355. The maximum Gasteiger partial charge on any atom is 0.0328 e. The van der Waals surface area contributed by atoms with Gasteiger partial charge in [-0.25, -0.2) is 0 Å². The Morgan fingerprint density at radius 3 is 2.74 bits per heavy atom. The van der Waals surface area contributed by atoms with E-state index in [4.69, 9.17) is 0 Å². The molecule has 0 radical (unpaired) electrons. The molecule has 19 heavy (non-hydrogen) atoms. The molecule has 0 aliphatic carbocycles. The minimum Gasteiger partial charge on any atom is -0.313 e. The molecular formula is C16H28N2S. The highest BCUT2D eigenvalue weighted by Crippen LogP contribution is 2.19. The van der Waals surface area contributed by atoms with Gasteiger partial charge in [0.2, 0.25) is 0 Å². The molecular weight excluding hydrogens is 252 g/mol. The zero-order chi connectivity index (χ0) is 13.5. The number of nitrogens with zero attached hydrogens (tertiary/aromatic N) is 1. The van der Waals surface area contributed by atoms with E-state index in [1.54, 1.807) is 0 Å². The summed E-state index contributed by atoms with van der Waals surface area (Å²) in [4.78, 5) is 5.68. The molecule has 1 saturated heterocycles. The van der Waals surface area contributed by atoms with Crippen molar-refractivity contribution < 1.29 is 0 Å². The van der Waals surface area contributed by atoms with Crippen LogP contribution in [0.15, 0.2) is 12.1 Å². The summed E-state index contributed by atoms with van der Waals surface area (Å²) < 4.78 is 0. The van der Waals surface area contributed by atoms with Crippen molar-refractivity contribution in [2.24, 2.45) is 0 Å². The first-order valence-corrected chi connectivity index (χ1v) is 8.66. The van der Waals surface area contributed by atoms with Crippen molar-refractivity contribution in [2.45, 2.75) is 58.5 Å². The van der Waals surface area contributed by atoms with Crippen molar-refractivity contribution in [3.8, 4) is 0 Å². The van der Waals surface area contributed by atoms with E-state index < -0.39 is 0 Å². The Morgan fingerprint density at radius 1 is 1.26 bits per heavy atom. The molecule has 2 heterocycles. The number of aryl methyl sites for hydroxylation is 1. The lowest BCUT2D eigenvalue weighted by molar-refractivity contribution is 0.219. The van der Waals surface area contributed by atoms with Gasteiger partial charge in [0.1, 0.15) is 0 Å². The zero-order valence-electron chi connectivity index (χ0n) is 12.5. The first kappa shape index (κ1) is 15.0. The van der Waals surface area contributed by atoms with E-state index in [0.29, 0.717) is 6.04 Å². The minimum atomic E-state index is 0.714. The van der Waals surface area contributed by atoms with Crippen LogP contribution in [-0.2, 0) is 13.0 Å². The highest BCUT2D eigenvalue weighted by atomic mass is 32.1. The van der Waals surface area contributed by atoms with Crippen LogP contribution in [0.5, 0.6) is 0 Å².